The molecule has 108 valence electrons. The van der Waals surface area contributed by atoms with Gasteiger partial charge in [-0.05, 0) is 5.46 Å². The molecule has 5 atom stereocenters. The van der Waals surface area contributed by atoms with Crippen LogP contribution >= 0.6 is 0 Å². The highest BCUT2D eigenvalue weighted by molar-refractivity contribution is 6.61. The number of fused-ring (bicyclic) bond motifs is 1. The Morgan fingerprint density at radius 1 is 1.20 bits per heavy atom. The molecule has 7 heteroatoms. The van der Waals surface area contributed by atoms with Gasteiger partial charge in [-0.3, -0.25) is 0 Å². The van der Waals surface area contributed by atoms with Crippen molar-refractivity contribution >= 4 is 12.6 Å². The molecule has 0 aliphatic carbocycles. The number of methoxy groups -OCH3 is 1. The van der Waals surface area contributed by atoms with Gasteiger partial charge in [-0.1, -0.05) is 30.3 Å². The maximum atomic E-state index is 10.1. The number of hydrogen-bond donors (Lipinski definition) is 2. The normalized spacial score (nSPS) is 37.5. The summed E-state index contributed by atoms with van der Waals surface area (Å²) in [5.74, 6) is 0. The molecule has 1 aromatic carbocycles. The van der Waals surface area contributed by atoms with Crippen LogP contribution in [-0.2, 0) is 18.8 Å². The third-order valence-electron chi connectivity index (χ3n) is 3.64. The number of aliphatic hydroxyl groups excluding tert-OH is 2. The zero-order valence-corrected chi connectivity index (χ0v) is 11.1. The minimum Gasteiger partial charge on any atom is -0.404 e. The van der Waals surface area contributed by atoms with Gasteiger partial charge in [0.1, 0.15) is 24.4 Å². The number of hydrogen-bond acceptors (Lipinski definition) is 6. The summed E-state index contributed by atoms with van der Waals surface area (Å²) in [5.41, 5.74) is 0.863. The van der Waals surface area contributed by atoms with Crippen LogP contribution in [0.2, 0.25) is 0 Å². The van der Waals surface area contributed by atoms with Crippen molar-refractivity contribution < 1.29 is 29.0 Å². The van der Waals surface area contributed by atoms with Crippen molar-refractivity contribution in [1.82, 2.24) is 0 Å². The second-order valence-corrected chi connectivity index (χ2v) is 4.94. The highest BCUT2D eigenvalue weighted by atomic mass is 16.7. The Balaban J connectivity index is 1.74. The lowest BCUT2D eigenvalue weighted by Crippen LogP contribution is -2.65. The first-order chi connectivity index (χ1) is 9.70. The number of rotatable bonds is 2. The van der Waals surface area contributed by atoms with Gasteiger partial charge in [0.2, 0.25) is 0 Å². The van der Waals surface area contributed by atoms with Gasteiger partial charge < -0.3 is 29.0 Å². The molecule has 2 fully saturated rings. The van der Waals surface area contributed by atoms with Crippen molar-refractivity contribution in [1.29, 1.82) is 0 Å². The topological polar surface area (TPSA) is 77.4 Å². The Labute approximate surface area is 117 Å². The maximum Gasteiger partial charge on any atom is 0.494 e. The summed E-state index contributed by atoms with van der Waals surface area (Å²) in [6.45, 7) is 0.272. The summed E-state index contributed by atoms with van der Waals surface area (Å²) in [5, 5.41) is 20.1. The quantitative estimate of drug-likeness (QED) is 0.669. The first kappa shape index (κ1) is 14.0. The molecular formula is C13H17BO6. The zero-order chi connectivity index (χ0) is 14.1. The summed E-state index contributed by atoms with van der Waals surface area (Å²) < 4.78 is 21.9. The Hall–Kier alpha value is -0.955. The van der Waals surface area contributed by atoms with Crippen LogP contribution in [0.3, 0.4) is 0 Å². The van der Waals surface area contributed by atoms with E-state index in [4.69, 9.17) is 18.8 Å². The first-order valence-corrected chi connectivity index (χ1v) is 6.57. The summed E-state index contributed by atoms with van der Waals surface area (Å²) in [6.07, 6.45) is -4.19. The molecule has 0 aromatic heterocycles. The summed E-state index contributed by atoms with van der Waals surface area (Å²) >= 11 is 0. The third kappa shape index (κ3) is 2.48. The molecule has 2 heterocycles. The van der Waals surface area contributed by atoms with Crippen LogP contribution < -0.4 is 5.46 Å². The molecule has 0 radical (unpaired) electrons. The van der Waals surface area contributed by atoms with E-state index < -0.39 is 37.8 Å². The molecule has 6 nitrogen and oxygen atoms in total. The fraction of sp³-hybridized carbons (Fsp3) is 0.538. The van der Waals surface area contributed by atoms with E-state index in [9.17, 15) is 10.2 Å². The number of benzene rings is 1. The van der Waals surface area contributed by atoms with Gasteiger partial charge >= 0.3 is 7.12 Å². The van der Waals surface area contributed by atoms with Gasteiger partial charge in [0.25, 0.3) is 0 Å². The molecule has 0 amide bonds. The lowest BCUT2D eigenvalue weighted by atomic mass is 9.76. The maximum absolute atomic E-state index is 10.1. The molecule has 2 aliphatic rings. The zero-order valence-electron chi connectivity index (χ0n) is 11.1. The van der Waals surface area contributed by atoms with E-state index in [0.717, 1.165) is 5.46 Å². The van der Waals surface area contributed by atoms with Crippen LogP contribution in [0, 0.1) is 0 Å². The van der Waals surface area contributed by atoms with E-state index in [-0.39, 0.29) is 6.61 Å². The number of aliphatic hydroxyl groups is 2. The minimum atomic E-state index is -1.14. The van der Waals surface area contributed by atoms with E-state index >= 15 is 0 Å². The Bertz CT molecular complexity index is 442. The van der Waals surface area contributed by atoms with Gasteiger partial charge in [-0.15, -0.1) is 0 Å². The van der Waals surface area contributed by atoms with Crippen molar-refractivity contribution in [2.45, 2.75) is 30.7 Å². The van der Waals surface area contributed by atoms with Crippen LogP contribution in [0.5, 0.6) is 0 Å². The average Bonchev–Trinajstić information content (AvgIpc) is 2.51. The second-order valence-electron chi connectivity index (χ2n) is 4.94. The first-order valence-electron chi connectivity index (χ1n) is 6.57. The van der Waals surface area contributed by atoms with Gasteiger partial charge in [0, 0.05) is 7.11 Å². The predicted molar refractivity (Wildman–Crippen MR) is 70.3 cm³/mol. The standard InChI is InChI=1S/C13H17BO6/c1-17-13-11(16)10(15)12-9(19-13)7-18-14(20-12)8-5-3-2-4-6-8/h2-6,9-13,15-16H,7H2,1H3/t9-,10-,11-,12-,13+/m1/s1. The van der Waals surface area contributed by atoms with Crippen molar-refractivity contribution in [3.05, 3.63) is 30.3 Å². The van der Waals surface area contributed by atoms with E-state index in [1.54, 1.807) is 0 Å². The smallest absolute Gasteiger partial charge is 0.404 e. The summed E-state index contributed by atoms with van der Waals surface area (Å²) in [7, 11) is 0.847. The van der Waals surface area contributed by atoms with Crippen LogP contribution in [0.25, 0.3) is 0 Å². The highest BCUT2D eigenvalue weighted by Crippen LogP contribution is 2.27. The highest BCUT2D eigenvalue weighted by Gasteiger charge is 2.49. The van der Waals surface area contributed by atoms with Crippen LogP contribution in [0.4, 0.5) is 0 Å². The van der Waals surface area contributed by atoms with E-state index in [2.05, 4.69) is 0 Å². The molecule has 3 rings (SSSR count). The molecule has 0 saturated carbocycles. The van der Waals surface area contributed by atoms with Crippen molar-refractivity contribution in [3.63, 3.8) is 0 Å². The molecule has 1 aromatic rings. The van der Waals surface area contributed by atoms with Gasteiger partial charge in [-0.25, -0.2) is 0 Å². The third-order valence-corrected chi connectivity index (χ3v) is 3.64. The molecule has 2 N–H and O–H groups in total. The molecule has 2 aliphatic heterocycles. The second kappa shape index (κ2) is 5.81. The van der Waals surface area contributed by atoms with Crippen LogP contribution in [-0.4, -0.2) is 61.8 Å². The molecule has 0 bridgehead atoms. The monoisotopic (exact) mass is 280 g/mol. The fourth-order valence-electron chi connectivity index (χ4n) is 2.55. The van der Waals surface area contributed by atoms with Crippen LogP contribution in [0.15, 0.2) is 30.3 Å². The molecular weight excluding hydrogens is 263 g/mol. The fourth-order valence-corrected chi connectivity index (χ4v) is 2.55. The van der Waals surface area contributed by atoms with Gasteiger partial charge in [0.05, 0.1) is 6.61 Å². The largest absolute Gasteiger partial charge is 0.494 e. The molecule has 2 saturated heterocycles. The van der Waals surface area contributed by atoms with Gasteiger partial charge in [-0.2, -0.15) is 0 Å². The Kier molecular flexibility index (Phi) is 4.07. The average molecular weight is 280 g/mol. The SMILES string of the molecule is CO[C@H]1O[C@@H]2COB(c3ccccc3)O[C@H]2[C@H](O)[C@H]1O. The Morgan fingerprint density at radius 3 is 2.65 bits per heavy atom. The predicted octanol–water partition coefficient (Wildman–Crippen LogP) is -1.11. The van der Waals surface area contributed by atoms with E-state index in [0.29, 0.717) is 0 Å². The van der Waals surface area contributed by atoms with E-state index in [1.165, 1.54) is 7.11 Å². The number of ether oxygens (including phenoxy) is 2. The lowest BCUT2D eigenvalue weighted by Gasteiger charge is -2.45. The van der Waals surface area contributed by atoms with Gasteiger partial charge in [0.15, 0.2) is 6.29 Å². The minimum absolute atomic E-state index is 0.272. The van der Waals surface area contributed by atoms with Crippen molar-refractivity contribution in [2.75, 3.05) is 13.7 Å². The molecule has 0 spiro atoms. The lowest BCUT2D eigenvalue weighted by molar-refractivity contribution is -0.298. The summed E-state index contributed by atoms with van der Waals surface area (Å²) in [6, 6.07) is 9.45. The molecule has 20 heavy (non-hydrogen) atoms. The van der Waals surface area contributed by atoms with Crippen molar-refractivity contribution in [3.8, 4) is 0 Å². The molecule has 0 unspecified atom stereocenters. The van der Waals surface area contributed by atoms with Crippen LogP contribution in [0.1, 0.15) is 0 Å². The van der Waals surface area contributed by atoms with Crippen molar-refractivity contribution in [2.24, 2.45) is 0 Å². The summed E-state index contributed by atoms with van der Waals surface area (Å²) in [4.78, 5) is 0. The van der Waals surface area contributed by atoms with E-state index in [1.807, 2.05) is 30.3 Å². The Morgan fingerprint density at radius 2 is 1.95 bits per heavy atom.